The van der Waals surface area contributed by atoms with Crippen molar-refractivity contribution in [3.8, 4) is 0 Å². The molecule has 45 heavy (non-hydrogen) atoms. The number of nitrogens with zero attached hydrogens (tertiary/aromatic N) is 2. The minimum Gasteiger partial charge on any atom is -0.354 e. The number of amides is 2. The molecule has 1 atom stereocenters. The molecule has 0 radical (unpaired) electrons. The first kappa shape index (κ1) is 33.9. The van der Waals surface area contributed by atoms with E-state index in [1.54, 1.807) is 12.1 Å². The number of anilines is 1. The molecule has 4 aromatic rings. The number of rotatable bonds is 13. The van der Waals surface area contributed by atoms with Gasteiger partial charge in [-0.05, 0) is 60.4 Å². The smallest absolute Gasteiger partial charge is 0.264 e. The van der Waals surface area contributed by atoms with Crippen LogP contribution in [-0.2, 0) is 32.6 Å². The Balaban J connectivity index is 1.81. The van der Waals surface area contributed by atoms with Gasteiger partial charge in [-0.2, -0.15) is 0 Å². The number of aryl methyl sites for hydroxylation is 1. The van der Waals surface area contributed by atoms with Crippen molar-refractivity contribution in [3.63, 3.8) is 0 Å². The predicted molar refractivity (Wildman–Crippen MR) is 179 cm³/mol. The van der Waals surface area contributed by atoms with Crippen LogP contribution in [0.2, 0.25) is 0 Å². The van der Waals surface area contributed by atoms with E-state index in [2.05, 4.69) is 21.2 Å². The molecular formula is C35H37BrFN3O4S. The Labute approximate surface area is 273 Å². The topological polar surface area (TPSA) is 86.8 Å². The van der Waals surface area contributed by atoms with Gasteiger partial charge in [-0.3, -0.25) is 13.9 Å². The van der Waals surface area contributed by atoms with Crippen LogP contribution in [0.5, 0.6) is 0 Å². The van der Waals surface area contributed by atoms with Crippen LogP contribution < -0.4 is 9.62 Å². The summed E-state index contributed by atoms with van der Waals surface area (Å²) in [5.41, 5.74) is 2.13. The zero-order chi connectivity index (χ0) is 32.6. The number of carbonyl (C=O) groups is 2. The van der Waals surface area contributed by atoms with Crippen LogP contribution in [-0.4, -0.2) is 44.3 Å². The quantitative estimate of drug-likeness (QED) is 0.173. The number of halogens is 2. The van der Waals surface area contributed by atoms with Crippen molar-refractivity contribution in [3.05, 3.63) is 130 Å². The molecule has 0 fully saturated rings. The molecule has 0 aliphatic heterocycles. The summed E-state index contributed by atoms with van der Waals surface area (Å²) >= 11 is 3.47. The molecule has 1 N–H and O–H groups in total. The lowest BCUT2D eigenvalue weighted by molar-refractivity contribution is -0.140. The molecule has 10 heteroatoms. The maximum Gasteiger partial charge on any atom is 0.264 e. The molecule has 0 saturated carbocycles. The SMILES string of the molecule is Cc1ccc(S(=O)(=O)N(CC(=O)N(Cc2cccc(Br)c2)[C@H](Cc2ccccc2)C(=O)NCC(C)C)c2ccccc2F)cc1. The summed E-state index contributed by atoms with van der Waals surface area (Å²) in [5.74, 6) is -1.66. The number of hydrogen-bond acceptors (Lipinski definition) is 4. The Kier molecular flexibility index (Phi) is 11.5. The molecule has 236 valence electrons. The second-order valence-corrected chi connectivity index (χ2v) is 14.1. The molecule has 0 aromatic heterocycles. The third kappa shape index (κ3) is 9.02. The summed E-state index contributed by atoms with van der Waals surface area (Å²) in [4.78, 5) is 29.6. The second kappa shape index (κ2) is 15.3. The van der Waals surface area contributed by atoms with E-state index in [1.807, 2.05) is 75.4 Å². The highest BCUT2D eigenvalue weighted by atomic mass is 79.9. The van der Waals surface area contributed by atoms with Crippen molar-refractivity contribution >= 4 is 43.5 Å². The second-order valence-electron chi connectivity index (χ2n) is 11.3. The van der Waals surface area contributed by atoms with E-state index in [1.165, 1.54) is 35.2 Å². The Morgan fingerprint density at radius 2 is 1.51 bits per heavy atom. The van der Waals surface area contributed by atoms with Crippen molar-refractivity contribution in [2.75, 3.05) is 17.4 Å². The lowest BCUT2D eigenvalue weighted by Gasteiger charge is -2.34. The number of carbonyl (C=O) groups excluding carboxylic acids is 2. The number of para-hydroxylation sites is 1. The number of sulfonamides is 1. The Bertz CT molecular complexity index is 1720. The van der Waals surface area contributed by atoms with Crippen LogP contribution in [0.1, 0.15) is 30.5 Å². The highest BCUT2D eigenvalue weighted by Crippen LogP contribution is 2.27. The minimum atomic E-state index is -4.39. The van der Waals surface area contributed by atoms with Crippen LogP contribution in [0, 0.1) is 18.7 Å². The molecular weight excluding hydrogens is 657 g/mol. The Hall–Kier alpha value is -4.02. The van der Waals surface area contributed by atoms with Gasteiger partial charge in [0, 0.05) is 24.0 Å². The van der Waals surface area contributed by atoms with Gasteiger partial charge in [0.2, 0.25) is 11.8 Å². The number of nitrogens with one attached hydrogen (secondary N) is 1. The van der Waals surface area contributed by atoms with E-state index in [4.69, 9.17) is 0 Å². The molecule has 0 aliphatic carbocycles. The van der Waals surface area contributed by atoms with Gasteiger partial charge in [0.15, 0.2) is 0 Å². The third-order valence-electron chi connectivity index (χ3n) is 7.21. The lowest BCUT2D eigenvalue weighted by atomic mass is 10.0. The van der Waals surface area contributed by atoms with Gasteiger partial charge < -0.3 is 10.2 Å². The molecule has 4 rings (SSSR count). The summed E-state index contributed by atoms with van der Waals surface area (Å²) in [7, 11) is -4.39. The average molecular weight is 695 g/mol. The lowest BCUT2D eigenvalue weighted by Crippen LogP contribution is -2.53. The maximum absolute atomic E-state index is 15.2. The van der Waals surface area contributed by atoms with E-state index in [0.29, 0.717) is 6.54 Å². The van der Waals surface area contributed by atoms with E-state index < -0.39 is 34.3 Å². The van der Waals surface area contributed by atoms with Crippen molar-refractivity contribution in [1.29, 1.82) is 0 Å². The third-order valence-corrected chi connectivity index (χ3v) is 9.47. The fourth-order valence-electron chi connectivity index (χ4n) is 4.81. The fourth-order valence-corrected chi connectivity index (χ4v) is 6.68. The van der Waals surface area contributed by atoms with Gasteiger partial charge in [0.05, 0.1) is 10.6 Å². The van der Waals surface area contributed by atoms with E-state index in [-0.39, 0.29) is 35.4 Å². The molecule has 0 saturated heterocycles. The molecule has 4 aromatic carbocycles. The summed E-state index contributed by atoms with van der Waals surface area (Å²) in [5, 5.41) is 2.96. The first-order chi connectivity index (χ1) is 21.5. The van der Waals surface area contributed by atoms with E-state index >= 15 is 4.39 Å². The van der Waals surface area contributed by atoms with Gasteiger partial charge >= 0.3 is 0 Å². The standard InChI is InChI=1S/C35H37BrFN3O4S/c1-25(2)22-38-35(42)33(21-27-10-5-4-6-11-27)39(23-28-12-9-13-29(36)20-28)34(41)24-40(32-15-8-7-14-31(32)37)45(43,44)30-18-16-26(3)17-19-30/h4-20,25,33H,21-24H2,1-3H3,(H,38,42)/t33-/m1/s1. The monoisotopic (exact) mass is 693 g/mol. The van der Waals surface area contributed by atoms with Gasteiger partial charge in [-0.25, -0.2) is 12.8 Å². The maximum atomic E-state index is 15.2. The van der Waals surface area contributed by atoms with Crippen molar-refractivity contribution in [1.82, 2.24) is 10.2 Å². The van der Waals surface area contributed by atoms with Crippen molar-refractivity contribution in [2.24, 2.45) is 5.92 Å². The van der Waals surface area contributed by atoms with Crippen molar-refractivity contribution < 1.29 is 22.4 Å². The van der Waals surface area contributed by atoms with E-state index in [0.717, 1.165) is 31.5 Å². The van der Waals surface area contributed by atoms with Gasteiger partial charge in [0.25, 0.3) is 10.0 Å². The molecule has 0 unspecified atom stereocenters. The van der Waals surface area contributed by atoms with Crippen LogP contribution in [0.25, 0.3) is 0 Å². The molecule has 0 bridgehead atoms. The van der Waals surface area contributed by atoms with Crippen LogP contribution in [0.3, 0.4) is 0 Å². The highest BCUT2D eigenvalue weighted by molar-refractivity contribution is 9.10. The minimum absolute atomic E-state index is 0.0144. The van der Waals surface area contributed by atoms with Crippen LogP contribution in [0.15, 0.2) is 112 Å². The zero-order valence-corrected chi connectivity index (χ0v) is 27.9. The van der Waals surface area contributed by atoms with Crippen LogP contribution >= 0.6 is 15.9 Å². The average Bonchev–Trinajstić information content (AvgIpc) is 3.01. The van der Waals surface area contributed by atoms with E-state index in [9.17, 15) is 18.0 Å². The highest BCUT2D eigenvalue weighted by Gasteiger charge is 2.35. The Morgan fingerprint density at radius 1 is 0.867 bits per heavy atom. The molecule has 7 nitrogen and oxygen atoms in total. The summed E-state index contributed by atoms with van der Waals surface area (Å²) in [6.07, 6.45) is 0.189. The normalized spacial score (nSPS) is 12.0. The summed E-state index contributed by atoms with van der Waals surface area (Å²) in [6, 6.07) is 27.2. The van der Waals surface area contributed by atoms with Gasteiger partial charge in [0.1, 0.15) is 18.4 Å². The molecule has 0 aliphatic rings. The number of hydrogen-bond donors (Lipinski definition) is 1. The fraction of sp³-hybridized carbons (Fsp3) is 0.257. The molecule has 0 spiro atoms. The van der Waals surface area contributed by atoms with Gasteiger partial charge in [-0.1, -0.05) is 102 Å². The predicted octanol–water partition coefficient (Wildman–Crippen LogP) is 6.50. The first-order valence-electron chi connectivity index (χ1n) is 14.6. The first-order valence-corrected chi connectivity index (χ1v) is 16.9. The summed E-state index contributed by atoms with van der Waals surface area (Å²) in [6.45, 7) is 5.45. The zero-order valence-electron chi connectivity index (χ0n) is 25.5. The number of benzene rings is 4. The van der Waals surface area contributed by atoms with Gasteiger partial charge in [-0.15, -0.1) is 0 Å². The van der Waals surface area contributed by atoms with Crippen LogP contribution in [0.4, 0.5) is 10.1 Å². The molecule has 2 amide bonds. The molecule has 0 heterocycles. The summed E-state index contributed by atoms with van der Waals surface area (Å²) < 4.78 is 44.9. The van der Waals surface area contributed by atoms with Crippen molar-refractivity contribution in [2.45, 2.75) is 44.7 Å². The Morgan fingerprint density at radius 3 is 2.16 bits per heavy atom. The largest absolute Gasteiger partial charge is 0.354 e.